The van der Waals surface area contributed by atoms with Crippen LogP contribution in [-0.4, -0.2) is 11.5 Å². The molecule has 0 amide bonds. The number of hydrogen-bond acceptors (Lipinski definition) is 3. The lowest BCUT2D eigenvalue weighted by Crippen LogP contribution is -2.25. The van der Waals surface area contributed by atoms with E-state index in [4.69, 9.17) is 16.9 Å². The maximum Gasteiger partial charge on any atom is 0.0915 e. The number of nitriles is 1. The third-order valence-corrected chi connectivity index (χ3v) is 3.64. The first-order valence-corrected chi connectivity index (χ1v) is 7.35. The average molecular weight is 303 g/mol. The number of benzene rings is 1. The zero-order valence-corrected chi connectivity index (χ0v) is 12.8. The van der Waals surface area contributed by atoms with Gasteiger partial charge in [0.1, 0.15) is 0 Å². The maximum absolute atomic E-state index is 8.48. The van der Waals surface area contributed by atoms with Crippen molar-refractivity contribution in [1.29, 1.82) is 5.26 Å². The molecule has 4 nitrogen and oxygen atoms in total. The van der Waals surface area contributed by atoms with Crippen molar-refractivity contribution in [2.75, 3.05) is 6.54 Å². The first-order chi connectivity index (χ1) is 10.1. The van der Waals surface area contributed by atoms with E-state index in [2.05, 4.69) is 47.3 Å². The Hall–Kier alpha value is -2.12. The van der Waals surface area contributed by atoms with Gasteiger partial charge in [0, 0.05) is 28.2 Å². The van der Waals surface area contributed by atoms with Gasteiger partial charge in [-0.15, -0.1) is 0 Å². The van der Waals surface area contributed by atoms with Gasteiger partial charge in [0.05, 0.1) is 24.9 Å². The molecule has 0 unspecified atom stereocenters. The van der Waals surface area contributed by atoms with E-state index in [1.807, 2.05) is 6.07 Å². The molecule has 21 heavy (non-hydrogen) atoms. The van der Waals surface area contributed by atoms with Gasteiger partial charge < -0.3 is 15.6 Å². The molecule has 0 saturated carbocycles. The van der Waals surface area contributed by atoms with E-state index < -0.39 is 0 Å². The van der Waals surface area contributed by atoms with Crippen LogP contribution in [0.4, 0.5) is 0 Å². The maximum atomic E-state index is 8.48. The summed E-state index contributed by atoms with van der Waals surface area (Å²) in [7, 11) is 0. The molecule has 1 aromatic carbocycles. The van der Waals surface area contributed by atoms with Crippen LogP contribution >= 0.6 is 11.6 Å². The predicted octanol–water partition coefficient (Wildman–Crippen LogP) is 3.45. The lowest BCUT2D eigenvalue weighted by molar-refractivity contribution is 0.683. The Morgan fingerprint density at radius 3 is 2.90 bits per heavy atom. The van der Waals surface area contributed by atoms with Crippen LogP contribution in [0, 0.1) is 11.3 Å². The molecule has 1 aromatic heterocycles. The summed E-state index contributed by atoms with van der Waals surface area (Å²) < 4.78 is 0. The van der Waals surface area contributed by atoms with Crippen molar-refractivity contribution in [3.05, 3.63) is 46.9 Å². The van der Waals surface area contributed by atoms with Crippen LogP contribution in [0.5, 0.6) is 0 Å². The normalized spacial score (nSPS) is 10.3. The van der Waals surface area contributed by atoms with Gasteiger partial charge >= 0.3 is 0 Å². The second kappa shape index (κ2) is 7.05. The average Bonchev–Trinajstić information content (AvgIpc) is 2.86. The Balaban J connectivity index is 2.00. The number of aromatic amines is 1. The van der Waals surface area contributed by atoms with E-state index >= 15 is 0 Å². The molecule has 0 fully saturated rings. The number of fused-ring (bicyclic) bond motifs is 1. The van der Waals surface area contributed by atoms with Crippen molar-refractivity contribution in [2.24, 2.45) is 0 Å². The van der Waals surface area contributed by atoms with Crippen LogP contribution in [0.1, 0.15) is 24.6 Å². The molecule has 0 saturated heterocycles. The molecule has 0 atom stereocenters. The van der Waals surface area contributed by atoms with Crippen molar-refractivity contribution in [3.63, 3.8) is 0 Å². The van der Waals surface area contributed by atoms with Gasteiger partial charge in [-0.2, -0.15) is 5.26 Å². The fraction of sp³-hybridized carbons (Fsp3) is 0.312. The summed E-state index contributed by atoms with van der Waals surface area (Å²) >= 11 is 6.23. The molecule has 1 heterocycles. The molecular weight excluding hydrogens is 284 g/mol. The van der Waals surface area contributed by atoms with Crippen molar-refractivity contribution in [3.8, 4) is 6.07 Å². The second-order valence-electron chi connectivity index (χ2n) is 4.85. The minimum absolute atomic E-state index is 0.464. The number of aryl methyl sites for hydroxylation is 1. The van der Waals surface area contributed by atoms with Crippen LogP contribution in [0.15, 0.2) is 30.6 Å². The molecule has 2 rings (SSSR count). The molecule has 3 N–H and O–H groups in total. The van der Waals surface area contributed by atoms with Crippen LogP contribution in [0.25, 0.3) is 10.9 Å². The first kappa shape index (κ1) is 15.3. The minimum atomic E-state index is 0.464. The zero-order valence-electron chi connectivity index (χ0n) is 12.1. The van der Waals surface area contributed by atoms with Gasteiger partial charge in [-0.05, 0) is 30.2 Å². The fourth-order valence-corrected chi connectivity index (χ4v) is 2.46. The molecule has 0 aliphatic carbocycles. The lowest BCUT2D eigenvalue weighted by Gasteiger charge is -2.09. The third kappa shape index (κ3) is 3.93. The summed E-state index contributed by atoms with van der Waals surface area (Å²) in [6.07, 6.45) is 1.38. The zero-order chi connectivity index (χ0) is 15.2. The van der Waals surface area contributed by atoms with Gasteiger partial charge in [0.15, 0.2) is 0 Å². The van der Waals surface area contributed by atoms with Crippen molar-refractivity contribution >= 4 is 22.5 Å². The van der Waals surface area contributed by atoms with Gasteiger partial charge in [0.25, 0.3) is 0 Å². The SMILES string of the molecule is C=C(NCCC#N)NCc1cc2cc(Cl)c(CC)cc2[nH]1. The van der Waals surface area contributed by atoms with Crippen molar-refractivity contribution in [2.45, 2.75) is 26.3 Å². The number of aromatic nitrogens is 1. The molecular formula is C16H19ClN4. The summed E-state index contributed by atoms with van der Waals surface area (Å²) in [5.41, 5.74) is 3.31. The second-order valence-corrected chi connectivity index (χ2v) is 5.25. The molecule has 2 aromatic rings. The number of nitrogens with zero attached hydrogens (tertiary/aromatic N) is 1. The monoisotopic (exact) mass is 302 g/mol. The van der Waals surface area contributed by atoms with Crippen LogP contribution < -0.4 is 10.6 Å². The standard InChI is InChI=1S/C16H19ClN4/c1-3-12-9-16-13(8-15(12)17)7-14(21-16)10-20-11(2)19-6-4-5-18/h7-9,19-21H,2-4,6,10H2,1H3. The number of nitrogens with one attached hydrogen (secondary N) is 3. The Morgan fingerprint density at radius 2 is 2.19 bits per heavy atom. The number of hydrogen-bond donors (Lipinski definition) is 3. The van der Waals surface area contributed by atoms with Crippen molar-refractivity contribution < 1.29 is 0 Å². The molecule has 0 radical (unpaired) electrons. The molecule has 0 bridgehead atoms. The molecule has 5 heteroatoms. The highest BCUT2D eigenvalue weighted by molar-refractivity contribution is 6.32. The summed E-state index contributed by atoms with van der Waals surface area (Å²) in [6, 6.07) is 8.25. The highest BCUT2D eigenvalue weighted by Gasteiger charge is 2.05. The molecule has 0 aliphatic rings. The summed E-state index contributed by atoms with van der Waals surface area (Å²) in [5.74, 6) is 0.719. The van der Waals surface area contributed by atoms with Crippen LogP contribution in [-0.2, 0) is 13.0 Å². The summed E-state index contributed by atoms with van der Waals surface area (Å²) in [6.45, 7) is 7.21. The van der Waals surface area contributed by atoms with E-state index in [1.54, 1.807) is 0 Å². The van der Waals surface area contributed by atoms with Crippen molar-refractivity contribution in [1.82, 2.24) is 15.6 Å². The fourth-order valence-electron chi connectivity index (χ4n) is 2.16. The van der Waals surface area contributed by atoms with Gasteiger partial charge in [-0.3, -0.25) is 0 Å². The highest BCUT2D eigenvalue weighted by atomic mass is 35.5. The summed E-state index contributed by atoms with van der Waals surface area (Å²) in [4.78, 5) is 3.38. The topological polar surface area (TPSA) is 63.6 Å². The lowest BCUT2D eigenvalue weighted by atomic mass is 10.1. The Labute approximate surface area is 129 Å². The van der Waals surface area contributed by atoms with E-state index in [0.29, 0.717) is 19.5 Å². The van der Waals surface area contributed by atoms with Gasteiger partial charge in [-0.1, -0.05) is 25.1 Å². The van der Waals surface area contributed by atoms with E-state index in [-0.39, 0.29) is 0 Å². The quantitative estimate of drug-likeness (QED) is 0.686. The first-order valence-electron chi connectivity index (χ1n) is 6.97. The number of halogens is 1. The summed E-state index contributed by atoms with van der Waals surface area (Å²) in [5, 5.41) is 16.6. The van der Waals surface area contributed by atoms with Gasteiger partial charge in [0.2, 0.25) is 0 Å². The Morgan fingerprint density at radius 1 is 1.38 bits per heavy atom. The van der Waals surface area contributed by atoms with Gasteiger partial charge in [-0.25, -0.2) is 0 Å². The van der Waals surface area contributed by atoms with E-state index in [0.717, 1.165) is 39.4 Å². The molecule has 110 valence electrons. The third-order valence-electron chi connectivity index (χ3n) is 3.29. The van der Waals surface area contributed by atoms with E-state index in [1.165, 1.54) is 0 Å². The predicted molar refractivity (Wildman–Crippen MR) is 86.9 cm³/mol. The Kier molecular flexibility index (Phi) is 5.13. The van der Waals surface area contributed by atoms with Crippen LogP contribution in [0.2, 0.25) is 5.02 Å². The Bertz CT molecular complexity index is 681. The highest BCUT2D eigenvalue weighted by Crippen LogP contribution is 2.25. The van der Waals surface area contributed by atoms with Crippen LogP contribution in [0.3, 0.4) is 0 Å². The minimum Gasteiger partial charge on any atom is -0.371 e. The largest absolute Gasteiger partial charge is 0.371 e. The smallest absolute Gasteiger partial charge is 0.0915 e. The molecule has 0 aliphatic heterocycles. The van der Waals surface area contributed by atoms with E-state index in [9.17, 15) is 0 Å². The molecule has 0 spiro atoms. The number of H-pyrrole nitrogens is 1. The number of rotatable bonds is 7.